The normalized spacial score (nSPS) is 14.8. The van der Waals surface area contributed by atoms with E-state index in [1.165, 1.54) is 29.4 Å². The molecule has 0 bridgehead atoms. The van der Waals surface area contributed by atoms with Crippen molar-refractivity contribution in [3.8, 4) is 6.07 Å². The molecule has 2 aromatic rings. The largest absolute Gasteiger partial charge is 0.285 e. The standard InChI is InChI=1S/C17H13FN4O2S/c18-14-8-6-13(7-9-14)12-20-22(11-3-10-19)17-15-4-1-2-5-16(15)25(23,24)21-17/h1-2,4-9,12H,3,11H2/b20-12-. The van der Waals surface area contributed by atoms with Crippen LogP contribution >= 0.6 is 0 Å². The van der Waals surface area contributed by atoms with E-state index in [0.29, 0.717) is 11.1 Å². The third kappa shape index (κ3) is 3.56. The Morgan fingerprint density at radius 1 is 1.20 bits per heavy atom. The fourth-order valence-corrected chi connectivity index (χ4v) is 3.54. The van der Waals surface area contributed by atoms with E-state index in [2.05, 4.69) is 9.50 Å². The van der Waals surface area contributed by atoms with Gasteiger partial charge >= 0.3 is 0 Å². The number of amidine groups is 1. The van der Waals surface area contributed by atoms with Crippen molar-refractivity contribution in [1.82, 2.24) is 5.01 Å². The van der Waals surface area contributed by atoms with E-state index in [0.717, 1.165) is 0 Å². The van der Waals surface area contributed by atoms with Gasteiger partial charge in [0, 0.05) is 5.56 Å². The van der Waals surface area contributed by atoms with Crippen molar-refractivity contribution in [1.29, 1.82) is 5.26 Å². The van der Waals surface area contributed by atoms with E-state index < -0.39 is 10.0 Å². The Hall–Kier alpha value is -3.05. The highest BCUT2D eigenvalue weighted by atomic mass is 32.2. The maximum Gasteiger partial charge on any atom is 0.285 e. The Balaban J connectivity index is 1.97. The summed E-state index contributed by atoms with van der Waals surface area (Å²) in [7, 11) is -3.77. The van der Waals surface area contributed by atoms with Gasteiger partial charge in [0.1, 0.15) is 10.7 Å². The molecule has 25 heavy (non-hydrogen) atoms. The molecule has 0 saturated carbocycles. The zero-order chi connectivity index (χ0) is 17.9. The summed E-state index contributed by atoms with van der Waals surface area (Å²) in [5.41, 5.74) is 1.08. The van der Waals surface area contributed by atoms with Gasteiger partial charge in [0.05, 0.1) is 25.2 Å². The first-order valence-electron chi connectivity index (χ1n) is 7.40. The van der Waals surface area contributed by atoms with Gasteiger partial charge in [-0.05, 0) is 29.8 Å². The quantitative estimate of drug-likeness (QED) is 0.622. The van der Waals surface area contributed by atoms with Crippen LogP contribution in [0.3, 0.4) is 0 Å². The monoisotopic (exact) mass is 356 g/mol. The second kappa shape index (κ2) is 6.83. The summed E-state index contributed by atoms with van der Waals surface area (Å²) in [6.07, 6.45) is 1.61. The maximum atomic E-state index is 13.0. The van der Waals surface area contributed by atoms with Gasteiger partial charge in [-0.3, -0.25) is 0 Å². The molecule has 1 aliphatic heterocycles. The highest BCUT2D eigenvalue weighted by Crippen LogP contribution is 2.27. The van der Waals surface area contributed by atoms with Crippen LogP contribution in [-0.4, -0.2) is 32.0 Å². The van der Waals surface area contributed by atoms with Crippen LogP contribution in [0.1, 0.15) is 17.5 Å². The molecule has 0 amide bonds. The minimum Gasteiger partial charge on any atom is -0.246 e. The molecule has 0 radical (unpaired) electrons. The molecular formula is C17H13FN4O2S. The molecule has 0 unspecified atom stereocenters. The lowest BCUT2D eigenvalue weighted by molar-refractivity contribution is 0.459. The molecule has 3 rings (SSSR count). The van der Waals surface area contributed by atoms with Gasteiger partial charge in [0.25, 0.3) is 10.0 Å². The highest BCUT2D eigenvalue weighted by Gasteiger charge is 2.31. The van der Waals surface area contributed by atoms with Crippen LogP contribution < -0.4 is 0 Å². The number of hydrogen-bond donors (Lipinski definition) is 0. The molecule has 1 aliphatic rings. The molecule has 126 valence electrons. The van der Waals surface area contributed by atoms with Crippen molar-refractivity contribution in [3.05, 3.63) is 65.5 Å². The summed E-state index contributed by atoms with van der Waals surface area (Å²) in [6, 6.07) is 14.1. The Kier molecular flexibility index (Phi) is 4.59. The predicted octanol–water partition coefficient (Wildman–Crippen LogP) is 2.52. The van der Waals surface area contributed by atoms with Crippen LogP contribution in [0.25, 0.3) is 0 Å². The molecule has 0 atom stereocenters. The van der Waals surface area contributed by atoms with Gasteiger partial charge in [-0.15, -0.1) is 4.40 Å². The second-order valence-electron chi connectivity index (χ2n) is 5.21. The van der Waals surface area contributed by atoms with Gasteiger partial charge in [0.2, 0.25) is 0 Å². The van der Waals surface area contributed by atoms with Crippen molar-refractivity contribution in [2.24, 2.45) is 9.50 Å². The Labute approximate surface area is 144 Å². The van der Waals surface area contributed by atoms with Crippen molar-refractivity contribution in [2.45, 2.75) is 11.3 Å². The lowest BCUT2D eigenvalue weighted by Crippen LogP contribution is -2.27. The minimum absolute atomic E-state index is 0.115. The van der Waals surface area contributed by atoms with E-state index in [1.807, 2.05) is 6.07 Å². The first-order valence-corrected chi connectivity index (χ1v) is 8.84. The van der Waals surface area contributed by atoms with Crippen LogP contribution in [0, 0.1) is 17.1 Å². The van der Waals surface area contributed by atoms with Crippen molar-refractivity contribution in [2.75, 3.05) is 6.54 Å². The molecule has 0 saturated heterocycles. The van der Waals surface area contributed by atoms with Crippen LogP contribution in [0.15, 0.2) is 62.9 Å². The van der Waals surface area contributed by atoms with E-state index in [4.69, 9.17) is 5.26 Å². The smallest absolute Gasteiger partial charge is 0.246 e. The fraction of sp³-hybridized carbons (Fsp3) is 0.118. The van der Waals surface area contributed by atoms with E-state index in [-0.39, 0.29) is 29.5 Å². The van der Waals surface area contributed by atoms with Gasteiger partial charge in [-0.25, -0.2) is 9.40 Å². The third-order valence-corrected chi connectivity index (χ3v) is 4.83. The SMILES string of the molecule is N#CCCN(/N=C\c1ccc(F)cc1)C1=NS(=O)(=O)c2ccccc21. The van der Waals surface area contributed by atoms with Gasteiger partial charge < -0.3 is 0 Å². The molecule has 0 aromatic heterocycles. The van der Waals surface area contributed by atoms with Gasteiger partial charge in [0.15, 0.2) is 5.84 Å². The summed E-state index contributed by atoms with van der Waals surface area (Å²) < 4.78 is 41.1. The van der Waals surface area contributed by atoms with Crippen LogP contribution in [0.2, 0.25) is 0 Å². The summed E-state index contributed by atoms with van der Waals surface area (Å²) in [4.78, 5) is 0.115. The highest BCUT2D eigenvalue weighted by molar-refractivity contribution is 7.90. The van der Waals surface area contributed by atoms with Crippen LogP contribution in [0.4, 0.5) is 4.39 Å². The average Bonchev–Trinajstić information content (AvgIpc) is 2.88. The number of fused-ring (bicyclic) bond motifs is 1. The number of sulfonamides is 1. The number of hydrazone groups is 1. The van der Waals surface area contributed by atoms with Crippen molar-refractivity contribution in [3.63, 3.8) is 0 Å². The average molecular weight is 356 g/mol. The molecule has 8 heteroatoms. The molecule has 0 aliphatic carbocycles. The van der Waals surface area contributed by atoms with E-state index >= 15 is 0 Å². The lowest BCUT2D eigenvalue weighted by atomic mass is 10.2. The second-order valence-corrected chi connectivity index (χ2v) is 6.79. The number of nitrogens with zero attached hydrogens (tertiary/aromatic N) is 4. The van der Waals surface area contributed by atoms with Gasteiger partial charge in [-0.1, -0.05) is 24.3 Å². The molecule has 0 spiro atoms. The Bertz CT molecular complexity index is 992. The summed E-state index contributed by atoms with van der Waals surface area (Å²) in [5, 5.41) is 14.5. The predicted molar refractivity (Wildman–Crippen MR) is 91.1 cm³/mol. The Morgan fingerprint density at radius 2 is 1.92 bits per heavy atom. The molecule has 1 heterocycles. The lowest BCUT2D eigenvalue weighted by Gasteiger charge is -2.17. The van der Waals surface area contributed by atoms with E-state index in [9.17, 15) is 12.8 Å². The van der Waals surface area contributed by atoms with Gasteiger partial charge in [-0.2, -0.15) is 18.8 Å². The zero-order valence-electron chi connectivity index (χ0n) is 13.0. The summed E-state index contributed by atoms with van der Waals surface area (Å²) in [5.74, 6) is -0.192. The summed E-state index contributed by atoms with van der Waals surface area (Å²) in [6.45, 7) is 0.177. The zero-order valence-corrected chi connectivity index (χ0v) is 13.8. The maximum absolute atomic E-state index is 13.0. The molecule has 0 N–H and O–H groups in total. The number of hydrogen-bond acceptors (Lipinski definition) is 5. The molecule has 2 aromatic carbocycles. The van der Waals surface area contributed by atoms with Crippen LogP contribution in [-0.2, 0) is 10.0 Å². The van der Waals surface area contributed by atoms with E-state index in [1.54, 1.807) is 30.3 Å². The Morgan fingerprint density at radius 3 is 2.64 bits per heavy atom. The number of halogens is 1. The number of benzene rings is 2. The first-order chi connectivity index (χ1) is 12.0. The summed E-state index contributed by atoms with van der Waals surface area (Å²) >= 11 is 0. The minimum atomic E-state index is -3.77. The number of nitriles is 1. The van der Waals surface area contributed by atoms with Crippen molar-refractivity contribution >= 4 is 22.1 Å². The third-order valence-electron chi connectivity index (χ3n) is 3.51. The first kappa shape index (κ1) is 16.8. The van der Waals surface area contributed by atoms with Crippen molar-refractivity contribution < 1.29 is 12.8 Å². The molecular weight excluding hydrogens is 343 g/mol. The fourth-order valence-electron chi connectivity index (χ4n) is 2.33. The topological polar surface area (TPSA) is 85.9 Å². The van der Waals surface area contributed by atoms with Crippen LogP contribution in [0.5, 0.6) is 0 Å². The molecule has 6 nitrogen and oxygen atoms in total. The number of rotatable bonds is 4. The molecule has 0 fully saturated rings.